The van der Waals surface area contributed by atoms with Crippen LogP contribution in [0.3, 0.4) is 0 Å². The molecule has 11 heteroatoms. The van der Waals surface area contributed by atoms with E-state index in [1.807, 2.05) is 0 Å². The van der Waals surface area contributed by atoms with Gasteiger partial charge >= 0.3 is 5.97 Å². The molecule has 2 aromatic carbocycles. The number of anilines is 1. The van der Waals surface area contributed by atoms with Crippen molar-refractivity contribution in [3.8, 4) is 22.8 Å². The van der Waals surface area contributed by atoms with Crippen LogP contribution in [0, 0.1) is 6.92 Å². The van der Waals surface area contributed by atoms with Crippen molar-refractivity contribution in [2.45, 2.75) is 18.7 Å². The summed E-state index contributed by atoms with van der Waals surface area (Å²) >= 11 is 0. The minimum Gasteiger partial charge on any atom is -0.497 e. The summed E-state index contributed by atoms with van der Waals surface area (Å²) in [5.41, 5.74) is 7.73. The molecule has 2 N–H and O–H groups in total. The van der Waals surface area contributed by atoms with E-state index in [2.05, 4.69) is 5.10 Å². The monoisotopic (exact) mass is 485 g/mol. The lowest BCUT2D eigenvalue weighted by atomic mass is 10.1. The molecule has 0 unspecified atom stereocenters. The normalized spacial score (nSPS) is 11.5. The van der Waals surface area contributed by atoms with Crippen LogP contribution in [-0.4, -0.2) is 44.4 Å². The summed E-state index contributed by atoms with van der Waals surface area (Å²) < 4.78 is 48.7. The van der Waals surface area contributed by atoms with Crippen molar-refractivity contribution < 1.29 is 31.8 Å². The van der Waals surface area contributed by atoms with Gasteiger partial charge in [-0.15, -0.1) is 4.09 Å². The Hall–Kier alpha value is -3.99. The standard InChI is InChI=1S/C23H23N3O7S/c1-5-32-23(27)22-13(2)17-11-15(7-9-19(17)33-22)34(28,29)26-21(24)12-18(25-26)16-8-6-14(30-3)10-20(16)31-4/h6-12H,5,24H2,1-4H3. The molecular formula is C23H23N3O7S. The van der Waals surface area contributed by atoms with E-state index >= 15 is 0 Å². The number of nitrogens with two attached hydrogens (primary N) is 1. The Kier molecular flexibility index (Phi) is 5.96. The van der Waals surface area contributed by atoms with Crippen LogP contribution in [0.1, 0.15) is 23.0 Å². The van der Waals surface area contributed by atoms with Crippen molar-refractivity contribution in [2.75, 3.05) is 26.6 Å². The van der Waals surface area contributed by atoms with Crippen LogP contribution in [0.2, 0.25) is 0 Å². The second-order valence-electron chi connectivity index (χ2n) is 7.30. The van der Waals surface area contributed by atoms with Crippen molar-refractivity contribution in [1.29, 1.82) is 0 Å². The van der Waals surface area contributed by atoms with Crippen LogP contribution in [-0.2, 0) is 14.8 Å². The first kappa shape index (κ1) is 23.2. The predicted molar refractivity (Wildman–Crippen MR) is 125 cm³/mol. The minimum atomic E-state index is -4.16. The Morgan fingerprint density at radius 3 is 2.56 bits per heavy atom. The molecule has 0 spiro atoms. The number of fused-ring (bicyclic) bond motifs is 1. The van der Waals surface area contributed by atoms with Gasteiger partial charge in [-0.1, -0.05) is 0 Å². The number of nitrogen functional groups attached to an aromatic ring is 1. The molecule has 178 valence electrons. The van der Waals surface area contributed by atoms with Gasteiger partial charge in [-0.25, -0.2) is 4.79 Å². The molecule has 34 heavy (non-hydrogen) atoms. The van der Waals surface area contributed by atoms with Gasteiger partial charge in [0, 0.05) is 28.6 Å². The number of rotatable bonds is 7. The van der Waals surface area contributed by atoms with E-state index in [1.165, 1.54) is 38.5 Å². The lowest BCUT2D eigenvalue weighted by Crippen LogP contribution is -2.16. The largest absolute Gasteiger partial charge is 0.497 e. The molecule has 2 aromatic heterocycles. The smallest absolute Gasteiger partial charge is 0.374 e. The van der Waals surface area contributed by atoms with Crippen LogP contribution in [0.25, 0.3) is 22.2 Å². The number of esters is 1. The van der Waals surface area contributed by atoms with Crippen LogP contribution < -0.4 is 15.2 Å². The van der Waals surface area contributed by atoms with E-state index in [-0.39, 0.29) is 23.1 Å². The van der Waals surface area contributed by atoms with Gasteiger partial charge in [0.25, 0.3) is 10.0 Å². The summed E-state index contributed by atoms with van der Waals surface area (Å²) in [6, 6.07) is 10.8. The number of aryl methyl sites for hydroxylation is 1. The quantitative estimate of drug-likeness (QED) is 0.389. The first-order chi connectivity index (χ1) is 16.2. The summed E-state index contributed by atoms with van der Waals surface area (Å²) in [6.45, 7) is 3.53. The number of aromatic nitrogens is 2. The molecule has 0 saturated heterocycles. The molecule has 4 aromatic rings. The highest BCUT2D eigenvalue weighted by molar-refractivity contribution is 7.90. The zero-order valence-electron chi connectivity index (χ0n) is 19.0. The van der Waals surface area contributed by atoms with Gasteiger partial charge < -0.3 is 24.4 Å². The summed E-state index contributed by atoms with van der Waals surface area (Å²) in [7, 11) is -1.14. The topological polar surface area (TPSA) is 136 Å². The molecule has 0 aliphatic heterocycles. The molecular weight excluding hydrogens is 462 g/mol. The van der Waals surface area contributed by atoms with E-state index in [0.717, 1.165) is 4.09 Å². The van der Waals surface area contributed by atoms with Gasteiger partial charge in [-0.2, -0.15) is 13.5 Å². The van der Waals surface area contributed by atoms with Crippen LogP contribution >= 0.6 is 0 Å². The Balaban J connectivity index is 1.78. The molecule has 0 saturated carbocycles. The zero-order valence-corrected chi connectivity index (χ0v) is 19.8. The van der Waals surface area contributed by atoms with Gasteiger partial charge in [-0.05, 0) is 44.2 Å². The van der Waals surface area contributed by atoms with Gasteiger partial charge in [0.05, 0.1) is 31.4 Å². The van der Waals surface area contributed by atoms with Crippen LogP contribution in [0.5, 0.6) is 11.5 Å². The fourth-order valence-electron chi connectivity index (χ4n) is 3.57. The van der Waals surface area contributed by atoms with E-state index in [4.69, 9.17) is 24.4 Å². The lowest BCUT2D eigenvalue weighted by molar-refractivity contribution is 0.0491. The summed E-state index contributed by atoms with van der Waals surface area (Å²) in [5.74, 6) is 0.355. The van der Waals surface area contributed by atoms with Crippen molar-refractivity contribution in [3.63, 3.8) is 0 Å². The zero-order chi connectivity index (χ0) is 24.6. The third kappa shape index (κ3) is 3.83. The van der Waals surface area contributed by atoms with Gasteiger partial charge in [0.2, 0.25) is 5.76 Å². The maximum atomic E-state index is 13.4. The molecule has 2 heterocycles. The number of methoxy groups -OCH3 is 2. The third-order valence-electron chi connectivity index (χ3n) is 5.28. The first-order valence-corrected chi connectivity index (χ1v) is 11.7. The van der Waals surface area contributed by atoms with Crippen LogP contribution in [0.4, 0.5) is 5.82 Å². The number of nitrogens with zero attached hydrogens (tertiary/aromatic N) is 2. The van der Waals surface area contributed by atoms with Crippen molar-refractivity contribution in [3.05, 3.63) is 53.8 Å². The SMILES string of the molecule is CCOC(=O)c1oc2ccc(S(=O)(=O)n3nc(-c4ccc(OC)cc4OC)cc3N)cc2c1C. The van der Waals surface area contributed by atoms with Crippen molar-refractivity contribution in [2.24, 2.45) is 0 Å². The second-order valence-corrected chi connectivity index (χ2v) is 9.07. The molecule has 0 amide bonds. The molecule has 0 radical (unpaired) electrons. The lowest BCUT2D eigenvalue weighted by Gasteiger charge is -2.09. The summed E-state index contributed by atoms with van der Waals surface area (Å²) in [6.07, 6.45) is 0. The third-order valence-corrected chi connectivity index (χ3v) is 6.88. The molecule has 0 aliphatic carbocycles. The Morgan fingerprint density at radius 1 is 1.12 bits per heavy atom. The average molecular weight is 486 g/mol. The van der Waals surface area contributed by atoms with Crippen LogP contribution in [0.15, 0.2) is 51.8 Å². The summed E-state index contributed by atoms with van der Waals surface area (Å²) in [4.78, 5) is 12.1. The highest BCUT2D eigenvalue weighted by Gasteiger charge is 2.26. The number of carbonyl (C=O) groups excluding carboxylic acids is 1. The predicted octanol–water partition coefficient (Wildman–Crippen LogP) is 3.62. The Labute approximate surface area is 195 Å². The first-order valence-electron chi connectivity index (χ1n) is 10.2. The maximum Gasteiger partial charge on any atom is 0.374 e. The number of hydrogen-bond donors (Lipinski definition) is 1. The minimum absolute atomic E-state index is 0.0267. The Bertz CT molecular complexity index is 1500. The number of furan rings is 1. The maximum absolute atomic E-state index is 13.4. The van der Waals surface area contributed by atoms with E-state index in [0.29, 0.717) is 39.3 Å². The number of carbonyl (C=O) groups is 1. The van der Waals surface area contributed by atoms with Crippen molar-refractivity contribution in [1.82, 2.24) is 9.19 Å². The molecule has 0 bridgehead atoms. The summed E-state index contributed by atoms with van der Waals surface area (Å²) in [5, 5.41) is 4.70. The Morgan fingerprint density at radius 2 is 1.88 bits per heavy atom. The van der Waals surface area contributed by atoms with Crippen molar-refractivity contribution >= 4 is 32.8 Å². The average Bonchev–Trinajstić information content (AvgIpc) is 3.39. The van der Waals surface area contributed by atoms with Gasteiger partial charge in [0.15, 0.2) is 0 Å². The molecule has 0 aliphatic rings. The molecule has 0 fully saturated rings. The number of benzene rings is 2. The van der Waals surface area contributed by atoms with Gasteiger partial charge in [0.1, 0.15) is 22.9 Å². The van der Waals surface area contributed by atoms with E-state index < -0.39 is 16.0 Å². The molecule has 0 atom stereocenters. The molecule has 10 nitrogen and oxygen atoms in total. The van der Waals surface area contributed by atoms with Gasteiger partial charge in [-0.3, -0.25) is 0 Å². The van der Waals surface area contributed by atoms with E-state index in [9.17, 15) is 13.2 Å². The number of ether oxygens (including phenoxy) is 3. The fraction of sp³-hybridized carbons (Fsp3) is 0.217. The van der Waals surface area contributed by atoms with E-state index in [1.54, 1.807) is 32.0 Å². The second kappa shape index (κ2) is 8.75. The number of hydrogen-bond acceptors (Lipinski definition) is 9. The fourth-order valence-corrected chi connectivity index (χ4v) is 4.80. The highest BCUT2D eigenvalue weighted by Crippen LogP contribution is 2.35. The molecule has 4 rings (SSSR count). The highest BCUT2D eigenvalue weighted by atomic mass is 32.2.